The minimum Gasteiger partial charge on any atom is -0.324 e. The summed E-state index contributed by atoms with van der Waals surface area (Å²) in [7, 11) is 1.82. The number of halogens is 3. The third kappa shape index (κ3) is 3.60. The van der Waals surface area contributed by atoms with Crippen LogP contribution in [0.3, 0.4) is 0 Å². The van der Waals surface area contributed by atoms with E-state index in [-0.39, 0.29) is 0 Å². The highest BCUT2D eigenvalue weighted by atomic mass is 19.4. The molecule has 0 bridgehead atoms. The van der Waals surface area contributed by atoms with Gasteiger partial charge in [0, 0.05) is 19.3 Å². The van der Waals surface area contributed by atoms with Gasteiger partial charge < -0.3 is 5.73 Å². The summed E-state index contributed by atoms with van der Waals surface area (Å²) in [5.41, 5.74) is 6.83. The van der Waals surface area contributed by atoms with Gasteiger partial charge in [0.2, 0.25) is 0 Å². The smallest absolute Gasteiger partial charge is 0.324 e. The predicted molar refractivity (Wildman–Crippen MR) is 69.9 cm³/mol. The van der Waals surface area contributed by atoms with Crippen molar-refractivity contribution in [2.45, 2.75) is 25.1 Å². The maximum Gasteiger partial charge on any atom is 0.416 e. The van der Waals surface area contributed by atoms with Crippen LogP contribution in [-0.2, 0) is 19.6 Å². The molecule has 108 valence electrons. The van der Waals surface area contributed by atoms with Gasteiger partial charge >= 0.3 is 6.18 Å². The molecule has 2 aromatic rings. The molecule has 0 saturated carbocycles. The number of aromatic nitrogens is 2. The van der Waals surface area contributed by atoms with Gasteiger partial charge in [-0.25, -0.2) is 0 Å². The van der Waals surface area contributed by atoms with Crippen molar-refractivity contribution in [1.29, 1.82) is 0 Å². The van der Waals surface area contributed by atoms with Gasteiger partial charge in [-0.05, 0) is 36.1 Å². The molecular formula is C14H16F3N3. The summed E-state index contributed by atoms with van der Waals surface area (Å²) in [5, 5.41) is 4.04. The minimum absolute atomic E-state index is 0.419. The Morgan fingerprint density at radius 3 is 2.70 bits per heavy atom. The fourth-order valence-electron chi connectivity index (χ4n) is 2.04. The molecule has 0 aliphatic heterocycles. The van der Waals surface area contributed by atoms with Crippen molar-refractivity contribution >= 4 is 0 Å². The summed E-state index contributed by atoms with van der Waals surface area (Å²) in [6.45, 7) is 0. The zero-order valence-corrected chi connectivity index (χ0v) is 11.1. The monoisotopic (exact) mass is 283 g/mol. The molecule has 3 nitrogen and oxygen atoms in total. The number of nitrogens with zero attached hydrogens (tertiary/aromatic N) is 2. The number of alkyl halides is 3. The molecule has 0 radical (unpaired) electrons. The van der Waals surface area contributed by atoms with Crippen LogP contribution in [0.15, 0.2) is 36.7 Å². The Hall–Kier alpha value is -1.82. The molecule has 0 amide bonds. The highest BCUT2D eigenvalue weighted by Gasteiger charge is 2.30. The summed E-state index contributed by atoms with van der Waals surface area (Å²) in [6.07, 6.45) is 0.537. The van der Waals surface area contributed by atoms with Crippen molar-refractivity contribution in [3.8, 4) is 0 Å². The first-order valence-electron chi connectivity index (χ1n) is 6.26. The van der Waals surface area contributed by atoms with Crippen LogP contribution in [0.2, 0.25) is 0 Å². The van der Waals surface area contributed by atoms with Crippen LogP contribution in [-0.4, -0.2) is 9.78 Å². The first-order valence-corrected chi connectivity index (χ1v) is 6.26. The largest absolute Gasteiger partial charge is 0.416 e. The lowest BCUT2D eigenvalue weighted by Crippen LogP contribution is -2.13. The quantitative estimate of drug-likeness (QED) is 0.937. The van der Waals surface area contributed by atoms with Crippen LogP contribution in [0.1, 0.15) is 29.2 Å². The van der Waals surface area contributed by atoms with Crippen LogP contribution >= 0.6 is 0 Å². The van der Waals surface area contributed by atoms with E-state index in [9.17, 15) is 13.2 Å². The summed E-state index contributed by atoms with van der Waals surface area (Å²) < 4.78 is 39.6. The summed E-state index contributed by atoms with van der Waals surface area (Å²) in [6, 6.07) is 4.77. The number of rotatable bonds is 4. The number of nitrogens with two attached hydrogens (primary N) is 1. The number of benzene rings is 1. The predicted octanol–water partition coefficient (Wildman–Crippen LogP) is 3.07. The topological polar surface area (TPSA) is 43.8 Å². The molecule has 2 rings (SSSR count). The minimum atomic E-state index is -4.33. The number of hydrogen-bond acceptors (Lipinski definition) is 2. The molecule has 1 aromatic carbocycles. The molecule has 20 heavy (non-hydrogen) atoms. The molecule has 0 spiro atoms. The Morgan fingerprint density at radius 1 is 1.35 bits per heavy atom. The average molecular weight is 283 g/mol. The standard InChI is InChI=1S/C14H16F3N3/c1-20-9-10(8-19-20)5-6-13(18)11-3-2-4-12(7-11)14(15,16)17/h2-4,7-9,13H,5-6,18H2,1H3. The van der Waals surface area contributed by atoms with Gasteiger partial charge in [0.1, 0.15) is 0 Å². The third-order valence-electron chi connectivity index (χ3n) is 3.14. The van der Waals surface area contributed by atoms with Crippen LogP contribution < -0.4 is 5.73 Å². The third-order valence-corrected chi connectivity index (χ3v) is 3.14. The molecule has 1 unspecified atom stereocenters. The lowest BCUT2D eigenvalue weighted by molar-refractivity contribution is -0.137. The van der Waals surface area contributed by atoms with E-state index in [0.29, 0.717) is 18.4 Å². The number of hydrogen-bond donors (Lipinski definition) is 1. The fourth-order valence-corrected chi connectivity index (χ4v) is 2.04. The van der Waals surface area contributed by atoms with E-state index in [1.165, 1.54) is 6.07 Å². The Balaban J connectivity index is 2.03. The van der Waals surface area contributed by atoms with E-state index < -0.39 is 17.8 Å². The molecule has 2 N–H and O–H groups in total. The van der Waals surface area contributed by atoms with Gasteiger partial charge in [0.05, 0.1) is 11.8 Å². The van der Waals surface area contributed by atoms with E-state index in [1.54, 1.807) is 16.9 Å². The van der Waals surface area contributed by atoms with Crippen molar-refractivity contribution in [2.75, 3.05) is 0 Å². The highest BCUT2D eigenvalue weighted by molar-refractivity contribution is 5.28. The van der Waals surface area contributed by atoms with Gasteiger partial charge in [-0.1, -0.05) is 12.1 Å². The molecule has 6 heteroatoms. The average Bonchev–Trinajstić information content (AvgIpc) is 2.81. The molecule has 0 aliphatic carbocycles. The molecule has 1 aromatic heterocycles. The first kappa shape index (κ1) is 14.6. The van der Waals surface area contributed by atoms with E-state index in [2.05, 4.69) is 5.10 Å². The van der Waals surface area contributed by atoms with Crippen LogP contribution in [0.25, 0.3) is 0 Å². The molecular weight excluding hydrogens is 267 g/mol. The van der Waals surface area contributed by atoms with Crippen molar-refractivity contribution in [2.24, 2.45) is 12.8 Å². The summed E-state index contributed by atoms with van der Waals surface area (Å²) in [5.74, 6) is 0. The maximum absolute atomic E-state index is 12.6. The van der Waals surface area contributed by atoms with Gasteiger partial charge in [0.15, 0.2) is 0 Å². The van der Waals surface area contributed by atoms with Crippen LogP contribution in [0.5, 0.6) is 0 Å². The fraction of sp³-hybridized carbons (Fsp3) is 0.357. The van der Waals surface area contributed by atoms with E-state index in [1.807, 2.05) is 13.2 Å². The van der Waals surface area contributed by atoms with Gasteiger partial charge in [0.25, 0.3) is 0 Å². The van der Waals surface area contributed by atoms with Crippen LogP contribution in [0, 0.1) is 0 Å². The van der Waals surface area contributed by atoms with Crippen molar-refractivity contribution in [3.63, 3.8) is 0 Å². The highest BCUT2D eigenvalue weighted by Crippen LogP contribution is 2.31. The molecule has 1 atom stereocenters. The normalized spacial score (nSPS) is 13.4. The van der Waals surface area contributed by atoms with E-state index >= 15 is 0 Å². The maximum atomic E-state index is 12.6. The summed E-state index contributed by atoms with van der Waals surface area (Å²) >= 11 is 0. The van der Waals surface area contributed by atoms with Crippen LogP contribution in [0.4, 0.5) is 13.2 Å². The van der Waals surface area contributed by atoms with Gasteiger partial charge in [-0.3, -0.25) is 4.68 Å². The Kier molecular flexibility index (Phi) is 4.13. The van der Waals surface area contributed by atoms with E-state index in [0.717, 1.165) is 17.7 Å². The second-order valence-corrected chi connectivity index (χ2v) is 4.79. The zero-order chi connectivity index (χ0) is 14.8. The van der Waals surface area contributed by atoms with Gasteiger partial charge in [-0.2, -0.15) is 18.3 Å². The first-order chi connectivity index (χ1) is 9.36. The zero-order valence-electron chi connectivity index (χ0n) is 11.1. The molecule has 1 heterocycles. The van der Waals surface area contributed by atoms with E-state index in [4.69, 9.17) is 5.73 Å². The molecule has 0 saturated heterocycles. The number of aryl methyl sites for hydroxylation is 2. The second-order valence-electron chi connectivity index (χ2n) is 4.79. The molecule has 0 fully saturated rings. The summed E-state index contributed by atoms with van der Waals surface area (Å²) in [4.78, 5) is 0. The Bertz CT molecular complexity index is 575. The second kappa shape index (κ2) is 5.66. The Morgan fingerprint density at radius 2 is 2.10 bits per heavy atom. The van der Waals surface area contributed by atoms with Crippen molar-refractivity contribution in [1.82, 2.24) is 9.78 Å². The van der Waals surface area contributed by atoms with Crippen molar-refractivity contribution in [3.05, 3.63) is 53.3 Å². The lowest BCUT2D eigenvalue weighted by atomic mass is 9.99. The lowest BCUT2D eigenvalue weighted by Gasteiger charge is -2.14. The Labute approximate surface area is 115 Å². The van der Waals surface area contributed by atoms with Crippen molar-refractivity contribution < 1.29 is 13.2 Å². The SMILES string of the molecule is Cn1cc(CCC(N)c2cccc(C(F)(F)F)c2)cn1. The van der Waals surface area contributed by atoms with Gasteiger partial charge in [-0.15, -0.1) is 0 Å². The molecule has 0 aliphatic rings.